The lowest BCUT2D eigenvalue weighted by atomic mass is 9.83. The van der Waals surface area contributed by atoms with Gasteiger partial charge in [-0.05, 0) is 31.9 Å². The molecule has 4 nitrogen and oxygen atoms in total. The van der Waals surface area contributed by atoms with Gasteiger partial charge in [0.1, 0.15) is 0 Å². The normalized spacial score (nSPS) is 11.4. The van der Waals surface area contributed by atoms with Crippen LogP contribution in [-0.4, -0.2) is 30.7 Å². The van der Waals surface area contributed by atoms with E-state index in [2.05, 4.69) is 24.5 Å². The molecular formula is C16H26N2O2. The number of rotatable bonds is 8. The van der Waals surface area contributed by atoms with Gasteiger partial charge < -0.3 is 15.7 Å². The summed E-state index contributed by atoms with van der Waals surface area (Å²) in [4.78, 5) is 11.8. The molecule has 3 N–H and O–H groups in total. The molecule has 0 aliphatic rings. The third-order valence-electron chi connectivity index (χ3n) is 3.96. The minimum absolute atomic E-state index is 0.0621. The van der Waals surface area contributed by atoms with Crippen molar-refractivity contribution in [3.63, 3.8) is 0 Å². The molecule has 0 aliphatic carbocycles. The maximum absolute atomic E-state index is 11.8. The topological polar surface area (TPSA) is 61.4 Å². The van der Waals surface area contributed by atoms with E-state index in [1.165, 1.54) is 5.56 Å². The van der Waals surface area contributed by atoms with Crippen LogP contribution in [0, 0.1) is 12.3 Å². The molecule has 0 aromatic heterocycles. The van der Waals surface area contributed by atoms with E-state index in [4.69, 9.17) is 0 Å². The average molecular weight is 278 g/mol. The molecule has 112 valence electrons. The van der Waals surface area contributed by atoms with Crippen molar-refractivity contribution in [3.05, 3.63) is 29.8 Å². The number of aliphatic hydroxyl groups excluding tert-OH is 1. The Morgan fingerprint density at radius 3 is 2.30 bits per heavy atom. The summed E-state index contributed by atoms with van der Waals surface area (Å²) in [6.07, 6.45) is 1.79. The number of carbonyl (C=O) groups excluding carboxylic acids is 1. The highest BCUT2D eigenvalue weighted by atomic mass is 16.3. The van der Waals surface area contributed by atoms with Crippen LogP contribution in [0.2, 0.25) is 0 Å². The monoisotopic (exact) mass is 278 g/mol. The summed E-state index contributed by atoms with van der Waals surface area (Å²) in [5, 5.41) is 15.4. The number of nitrogens with one attached hydrogen (secondary N) is 2. The van der Waals surface area contributed by atoms with Crippen LogP contribution in [-0.2, 0) is 4.79 Å². The lowest BCUT2D eigenvalue weighted by Gasteiger charge is -2.29. The fourth-order valence-corrected chi connectivity index (χ4v) is 2.06. The molecule has 0 fully saturated rings. The summed E-state index contributed by atoms with van der Waals surface area (Å²) in [5.41, 5.74) is 1.85. The fraction of sp³-hybridized carbons (Fsp3) is 0.562. The molecule has 4 heteroatoms. The van der Waals surface area contributed by atoms with E-state index in [0.717, 1.165) is 18.5 Å². The van der Waals surface area contributed by atoms with Gasteiger partial charge in [0, 0.05) is 24.3 Å². The molecule has 0 aliphatic heterocycles. The molecular weight excluding hydrogens is 252 g/mol. The van der Waals surface area contributed by atoms with E-state index in [1.807, 2.05) is 31.2 Å². The van der Waals surface area contributed by atoms with Crippen LogP contribution in [0.1, 0.15) is 32.3 Å². The zero-order valence-electron chi connectivity index (χ0n) is 12.7. The van der Waals surface area contributed by atoms with Crippen LogP contribution < -0.4 is 10.6 Å². The first kappa shape index (κ1) is 16.7. The van der Waals surface area contributed by atoms with E-state index in [1.54, 1.807) is 0 Å². The number of benzene rings is 1. The Hall–Kier alpha value is -1.39. The number of carbonyl (C=O) groups is 1. The van der Waals surface area contributed by atoms with Gasteiger partial charge in [0.25, 0.3) is 0 Å². The minimum Gasteiger partial charge on any atom is -0.396 e. The molecule has 0 spiro atoms. The first-order chi connectivity index (χ1) is 9.55. The van der Waals surface area contributed by atoms with Crippen LogP contribution >= 0.6 is 0 Å². The molecule has 0 saturated heterocycles. The summed E-state index contributed by atoms with van der Waals surface area (Å²) in [7, 11) is 0. The van der Waals surface area contributed by atoms with Gasteiger partial charge in [0.15, 0.2) is 0 Å². The van der Waals surface area contributed by atoms with Crippen molar-refractivity contribution in [2.45, 2.75) is 33.6 Å². The van der Waals surface area contributed by atoms with Crippen LogP contribution in [0.3, 0.4) is 0 Å². The highest BCUT2D eigenvalue weighted by molar-refractivity contribution is 5.92. The summed E-state index contributed by atoms with van der Waals surface area (Å²) >= 11 is 0. The first-order valence-electron chi connectivity index (χ1n) is 7.23. The van der Waals surface area contributed by atoms with E-state index in [9.17, 15) is 9.90 Å². The van der Waals surface area contributed by atoms with E-state index in [0.29, 0.717) is 6.54 Å². The van der Waals surface area contributed by atoms with Gasteiger partial charge in [-0.25, -0.2) is 0 Å². The fourth-order valence-electron chi connectivity index (χ4n) is 2.06. The zero-order valence-corrected chi connectivity index (χ0v) is 12.7. The standard InChI is InChI=1S/C16H26N2O2/c1-4-16(5-2,12-19)11-17-10-15(20)18-14-8-6-13(3)7-9-14/h6-9,17,19H,4-5,10-12H2,1-3H3,(H,18,20). The minimum atomic E-state index is -0.121. The number of hydrogen-bond acceptors (Lipinski definition) is 3. The second kappa shape index (κ2) is 8.02. The van der Waals surface area contributed by atoms with Crippen LogP contribution in [0.5, 0.6) is 0 Å². The van der Waals surface area contributed by atoms with Gasteiger partial charge in [-0.2, -0.15) is 0 Å². The lowest BCUT2D eigenvalue weighted by Crippen LogP contribution is -2.39. The van der Waals surface area contributed by atoms with Crippen molar-refractivity contribution in [2.24, 2.45) is 5.41 Å². The zero-order chi connectivity index (χ0) is 15.0. The van der Waals surface area contributed by atoms with Crippen molar-refractivity contribution in [3.8, 4) is 0 Å². The molecule has 0 atom stereocenters. The Kier molecular flexibility index (Phi) is 6.68. The summed E-state index contributed by atoms with van der Waals surface area (Å²) in [6, 6.07) is 7.72. The van der Waals surface area contributed by atoms with Gasteiger partial charge in [0.05, 0.1) is 6.54 Å². The maximum Gasteiger partial charge on any atom is 0.238 e. The predicted molar refractivity (Wildman–Crippen MR) is 82.8 cm³/mol. The summed E-state index contributed by atoms with van der Waals surface area (Å²) in [5.74, 6) is -0.0621. The number of amides is 1. The number of hydrogen-bond donors (Lipinski definition) is 3. The van der Waals surface area contributed by atoms with Crippen molar-refractivity contribution in [1.82, 2.24) is 5.32 Å². The Bertz CT molecular complexity index is 403. The third-order valence-corrected chi connectivity index (χ3v) is 3.96. The van der Waals surface area contributed by atoms with Crippen molar-refractivity contribution in [1.29, 1.82) is 0 Å². The Morgan fingerprint density at radius 1 is 1.20 bits per heavy atom. The Labute approximate surface area is 121 Å². The SMILES string of the molecule is CCC(CC)(CO)CNCC(=O)Nc1ccc(C)cc1. The van der Waals surface area contributed by atoms with Gasteiger partial charge >= 0.3 is 0 Å². The molecule has 0 unspecified atom stereocenters. The highest BCUT2D eigenvalue weighted by Gasteiger charge is 2.24. The van der Waals surface area contributed by atoms with E-state index in [-0.39, 0.29) is 24.5 Å². The second-order valence-electron chi connectivity index (χ2n) is 5.38. The van der Waals surface area contributed by atoms with Crippen molar-refractivity contribution >= 4 is 11.6 Å². The van der Waals surface area contributed by atoms with Crippen molar-refractivity contribution in [2.75, 3.05) is 25.0 Å². The molecule has 20 heavy (non-hydrogen) atoms. The molecule has 1 amide bonds. The smallest absolute Gasteiger partial charge is 0.238 e. The highest BCUT2D eigenvalue weighted by Crippen LogP contribution is 2.24. The molecule has 0 radical (unpaired) electrons. The predicted octanol–water partition coefficient (Wildman–Crippen LogP) is 2.32. The molecule has 0 saturated carbocycles. The summed E-state index contributed by atoms with van der Waals surface area (Å²) < 4.78 is 0. The summed E-state index contributed by atoms with van der Waals surface area (Å²) in [6.45, 7) is 7.19. The van der Waals surface area contributed by atoms with Crippen LogP contribution in [0.4, 0.5) is 5.69 Å². The largest absolute Gasteiger partial charge is 0.396 e. The average Bonchev–Trinajstić information content (AvgIpc) is 2.47. The molecule has 0 bridgehead atoms. The molecule has 1 aromatic rings. The number of aliphatic hydroxyl groups is 1. The number of anilines is 1. The molecule has 1 aromatic carbocycles. The van der Waals surface area contributed by atoms with Crippen LogP contribution in [0.25, 0.3) is 0 Å². The molecule has 1 rings (SSSR count). The van der Waals surface area contributed by atoms with Gasteiger partial charge in [-0.1, -0.05) is 31.5 Å². The first-order valence-corrected chi connectivity index (χ1v) is 7.23. The van der Waals surface area contributed by atoms with E-state index < -0.39 is 0 Å². The lowest BCUT2D eigenvalue weighted by molar-refractivity contribution is -0.115. The second-order valence-corrected chi connectivity index (χ2v) is 5.38. The maximum atomic E-state index is 11.8. The molecule has 0 heterocycles. The number of aryl methyl sites for hydroxylation is 1. The third kappa shape index (κ3) is 4.94. The van der Waals surface area contributed by atoms with Gasteiger partial charge in [0.2, 0.25) is 5.91 Å². The van der Waals surface area contributed by atoms with Crippen LogP contribution in [0.15, 0.2) is 24.3 Å². The quantitative estimate of drug-likeness (QED) is 0.684. The van der Waals surface area contributed by atoms with E-state index >= 15 is 0 Å². The van der Waals surface area contributed by atoms with Gasteiger partial charge in [-0.15, -0.1) is 0 Å². The van der Waals surface area contributed by atoms with Crippen molar-refractivity contribution < 1.29 is 9.90 Å². The van der Waals surface area contributed by atoms with Gasteiger partial charge in [-0.3, -0.25) is 4.79 Å². The Balaban J connectivity index is 2.38. The Morgan fingerprint density at radius 2 is 1.80 bits per heavy atom.